The van der Waals surface area contributed by atoms with E-state index in [2.05, 4.69) is 4.74 Å². The number of hydrogen-bond donors (Lipinski definition) is 2. The average molecular weight is 327 g/mol. The van der Waals surface area contributed by atoms with Gasteiger partial charge in [-0.25, -0.2) is 8.42 Å². The molecule has 0 heterocycles. The summed E-state index contributed by atoms with van der Waals surface area (Å²) < 4.78 is 29.7. The van der Waals surface area contributed by atoms with E-state index in [0.717, 1.165) is 7.11 Å². The van der Waals surface area contributed by atoms with Crippen LogP contribution in [0.25, 0.3) is 0 Å². The van der Waals surface area contributed by atoms with Crippen LogP contribution in [0.3, 0.4) is 0 Å². The van der Waals surface area contributed by atoms with E-state index in [1.165, 1.54) is 24.3 Å². The van der Waals surface area contributed by atoms with Gasteiger partial charge in [-0.05, 0) is 12.1 Å². The summed E-state index contributed by atoms with van der Waals surface area (Å²) in [7, 11) is 2.16. The molecule has 1 aromatic rings. The molecule has 1 atom stereocenters. The fraction of sp³-hybridized carbons (Fsp3) is 0.333. The van der Waals surface area contributed by atoms with Crippen molar-refractivity contribution in [3.05, 3.63) is 24.3 Å². The number of sulfonamides is 1. The first kappa shape index (κ1) is 18.1. The van der Waals surface area contributed by atoms with E-state index in [4.69, 9.17) is 18.1 Å². The van der Waals surface area contributed by atoms with Crippen LogP contribution in [0, 0.1) is 0 Å². The maximum absolute atomic E-state index is 12.5. The van der Waals surface area contributed by atoms with Crippen LogP contribution in [-0.4, -0.2) is 69.0 Å². The average Bonchev–Trinajstić information content (AvgIpc) is 2.46. The summed E-state index contributed by atoms with van der Waals surface area (Å²) in [5.74, 6) is -2.55. The van der Waals surface area contributed by atoms with Crippen LogP contribution >= 0.6 is 0 Å². The molecule has 0 aliphatic rings. The van der Waals surface area contributed by atoms with E-state index < -0.39 is 41.2 Å². The predicted octanol–water partition coefficient (Wildman–Crippen LogP) is -1.91. The fourth-order valence-corrected chi connectivity index (χ4v) is 3.14. The van der Waals surface area contributed by atoms with Gasteiger partial charge < -0.3 is 14.9 Å². The van der Waals surface area contributed by atoms with Gasteiger partial charge in [0.2, 0.25) is 10.0 Å². The van der Waals surface area contributed by atoms with E-state index in [-0.39, 0.29) is 4.90 Å². The van der Waals surface area contributed by atoms with Gasteiger partial charge in [0.1, 0.15) is 20.4 Å². The molecule has 0 aliphatic carbocycles. The first-order valence-electron chi connectivity index (χ1n) is 6.02. The number of esters is 1. The molecule has 0 saturated heterocycles. The molecule has 0 saturated carbocycles. The molecule has 1 aromatic carbocycles. The van der Waals surface area contributed by atoms with E-state index >= 15 is 0 Å². The molecular formula is C12H14BNO7S. The van der Waals surface area contributed by atoms with Gasteiger partial charge >= 0.3 is 11.9 Å². The van der Waals surface area contributed by atoms with Crippen molar-refractivity contribution in [1.82, 2.24) is 4.31 Å². The van der Waals surface area contributed by atoms with E-state index in [9.17, 15) is 18.0 Å². The van der Waals surface area contributed by atoms with Crippen molar-refractivity contribution >= 4 is 35.3 Å². The summed E-state index contributed by atoms with van der Waals surface area (Å²) in [4.78, 5) is 22.3. The van der Waals surface area contributed by atoms with Crippen molar-refractivity contribution in [2.24, 2.45) is 0 Å². The summed E-state index contributed by atoms with van der Waals surface area (Å²) in [6, 6.07) is 3.16. The maximum atomic E-state index is 12.5. The maximum Gasteiger partial charge on any atom is 0.324 e. The zero-order valence-corrected chi connectivity index (χ0v) is 12.5. The van der Waals surface area contributed by atoms with E-state index in [1.54, 1.807) is 0 Å². The SMILES string of the molecule is [B]c1ccc(S(=O)(=O)N(CC(=O)OC)C(CO)C(=O)O)cc1. The number of methoxy groups -OCH3 is 1. The number of hydrogen-bond acceptors (Lipinski definition) is 6. The number of carboxylic acids is 1. The molecule has 8 nitrogen and oxygen atoms in total. The molecule has 1 unspecified atom stereocenters. The molecule has 10 heteroatoms. The highest BCUT2D eigenvalue weighted by Gasteiger charge is 2.37. The Labute approximate surface area is 128 Å². The monoisotopic (exact) mass is 327 g/mol. The van der Waals surface area contributed by atoms with Gasteiger partial charge in [-0.3, -0.25) is 9.59 Å². The molecule has 0 bridgehead atoms. The van der Waals surface area contributed by atoms with Crippen LogP contribution in [0.1, 0.15) is 0 Å². The van der Waals surface area contributed by atoms with Gasteiger partial charge in [0.15, 0.2) is 0 Å². The quantitative estimate of drug-likeness (QED) is 0.443. The summed E-state index contributed by atoms with van der Waals surface area (Å²) in [5.41, 5.74) is 0.315. The van der Waals surface area contributed by atoms with Crippen molar-refractivity contribution in [1.29, 1.82) is 0 Å². The van der Waals surface area contributed by atoms with Crippen LogP contribution in [0.2, 0.25) is 0 Å². The lowest BCUT2D eigenvalue weighted by atomic mass is 9.97. The Morgan fingerprint density at radius 1 is 1.32 bits per heavy atom. The Kier molecular flexibility index (Phi) is 6.09. The molecule has 0 fully saturated rings. The molecular weight excluding hydrogens is 313 g/mol. The molecule has 0 aliphatic heterocycles. The van der Waals surface area contributed by atoms with Crippen molar-refractivity contribution in [2.75, 3.05) is 20.3 Å². The van der Waals surface area contributed by atoms with Gasteiger partial charge in [0, 0.05) is 0 Å². The summed E-state index contributed by atoms with van der Waals surface area (Å²) in [6.07, 6.45) is 0. The van der Waals surface area contributed by atoms with Gasteiger partial charge in [-0.2, -0.15) is 4.31 Å². The molecule has 118 valence electrons. The van der Waals surface area contributed by atoms with Gasteiger partial charge in [-0.15, -0.1) is 0 Å². The predicted molar refractivity (Wildman–Crippen MR) is 76.2 cm³/mol. The second kappa shape index (κ2) is 7.39. The van der Waals surface area contributed by atoms with Crippen LogP contribution in [-0.2, 0) is 24.3 Å². The molecule has 2 N–H and O–H groups in total. The lowest BCUT2D eigenvalue weighted by Gasteiger charge is -2.25. The third kappa shape index (κ3) is 4.06. The number of benzene rings is 1. The molecule has 0 spiro atoms. The third-order valence-electron chi connectivity index (χ3n) is 2.80. The number of carboxylic acid groups (broad SMARTS) is 1. The van der Waals surface area contributed by atoms with Crippen molar-refractivity contribution in [3.8, 4) is 0 Å². The smallest absolute Gasteiger partial charge is 0.324 e. The third-order valence-corrected chi connectivity index (χ3v) is 4.67. The van der Waals surface area contributed by atoms with Gasteiger partial charge in [0.25, 0.3) is 0 Å². The Bertz CT molecular complexity index is 644. The van der Waals surface area contributed by atoms with Crippen molar-refractivity contribution < 1.29 is 33.0 Å². The number of nitrogens with zero attached hydrogens (tertiary/aromatic N) is 1. The van der Waals surface area contributed by atoms with Crippen molar-refractivity contribution in [2.45, 2.75) is 10.9 Å². The molecule has 0 aromatic heterocycles. The molecule has 1 rings (SSSR count). The zero-order valence-electron chi connectivity index (χ0n) is 11.7. The summed E-state index contributed by atoms with van der Waals surface area (Å²) in [6.45, 7) is -1.85. The highest BCUT2D eigenvalue weighted by atomic mass is 32.2. The number of aliphatic hydroxyl groups excluding tert-OH is 1. The molecule has 0 amide bonds. The second-order valence-corrected chi connectivity index (χ2v) is 6.12. The highest BCUT2D eigenvalue weighted by molar-refractivity contribution is 7.89. The minimum atomic E-state index is -4.34. The van der Waals surface area contributed by atoms with Crippen molar-refractivity contribution in [3.63, 3.8) is 0 Å². The number of aliphatic hydroxyl groups is 1. The van der Waals surface area contributed by atoms with Gasteiger partial charge in [-0.1, -0.05) is 17.6 Å². The number of carbonyl (C=O) groups is 2. The fourth-order valence-electron chi connectivity index (χ4n) is 1.62. The zero-order chi connectivity index (χ0) is 16.9. The van der Waals surface area contributed by atoms with Crippen LogP contribution in [0.15, 0.2) is 29.2 Å². The standard InChI is InChI=1S/C12H14BNO7S/c1-21-11(16)6-14(10(7-15)12(17)18)22(19,20)9-4-2-8(13)3-5-9/h2-5,10,15H,6-7H2,1H3,(H,17,18). The van der Waals surface area contributed by atoms with E-state index in [0.29, 0.717) is 9.77 Å². The molecule has 2 radical (unpaired) electrons. The Morgan fingerprint density at radius 3 is 2.27 bits per heavy atom. The Balaban J connectivity index is 3.31. The van der Waals surface area contributed by atoms with Crippen LogP contribution in [0.5, 0.6) is 0 Å². The summed E-state index contributed by atoms with van der Waals surface area (Å²) in [5, 5.41) is 18.2. The topological polar surface area (TPSA) is 121 Å². The lowest BCUT2D eigenvalue weighted by Crippen LogP contribution is -2.49. The minimum Gasteiger partial charge on any atom is -0.480 e. The largest absolute Gasteiger partial charge is 0.480 e. The number of carbonyl (C=O) groups excluding carboxylic acids is 1. The highest BCUT2D eigenvalue weighted by Crippen LogP contribution is 2.18. The second-order valence-electron chi connectivity index (χ2n) is 4.23. The Morgan fingerprint density at radius 2 is 1.86 bits per heavy atom. The number of aliphatic carboxylic acids is 1. The number of rotatable bonds is 7. The minimum absolute atomic E-state index is 0.259. The van der Waals surface area contributed by atoms with Crippen LogP contribution < -0.4 is 5.46 Å². The van der Waals surface area contributed by atoms with Crippen LogP contribution in [0.4, 0.5) is 0 Å². The first-order chi connectivity index (χ1) is 10.2. The van der Waals surface area contributed by atoms with Gasteiger partial charge in [0.05, 0.1) is 18.6 Å². The van der Waals surface area contributed by atoms with E-state index in [1.807, 2.05) is 0 Å². The lowest BCUT2D eigenvalue weighted by molar-refractivity contribution is -0.145. The summed E-state index contributed by atoms with van der Waals surface area (Å²) >= 11 is 0. The number of ether oxygens (including phenoxy) is 1. The molecule has 22 heavy (non-hydrogen) atoms. The Hall–Kier alpha value is -1.91. The first-order valence-corrected chi connectivity index (χ1v) is 7.46. The normalized spacial score (nSPS) is 12.9.